The average molecular weight is 135 g/mol. The maximum Gasteiger partial charge on any atom is 0.0209 e. The highest BCUT2D eigenvalue weighted by Gasteiger charge is 2.18. The van der Waals surface area contributed by atoms with E-state index in [4.69, 9.17) is 0 Å². The number of rotatable bonds is 0. The van der Waals surface area contributed by atoms with Crippen LogP contribution in [0.4, 0.5) is 0 Å². The lowest BCUT2D eigenvalue weighted by molar-refractivity contribution is 0.451. The van der Waals surface area contributed by atoms with E-state index in [1.807, 2.05) is 0 Å². The van der Waals surface area contributed by atoms with E-state index in [0.29, 0.717) is 0 Å². The van der Waals surface area contributed by atoms with Crippen molar-refractivity contribution in [3.05, 3.63) is 23.4 Å². The topological polar surface area (TPSA) is 3.24 Å². The molecule has 2 rings (SSSR count). The first kappa shape index (κ1) is 6.02. The van der Waals surface area contributed by atoms with Crippen LogP contribution in [-0.4, -0.2) is 18.5 Å². The van der Waals surface area contributed by atoms with Gasteiger partial charge in [0.05, 0.1) is 0 Å². The van der Waals surface area contributed by atoms with Gasteiger partial charge in [0.25, 0.3) is 0 Å². The van der Waals surface area contributed by atoms with Crippen LogP contribution in [0.15, 0.2) is 23.4 Å². The number of allylic oxidation sites excluding steroid dienone is 2. The number of hydrogen-bond donors (Lipinski definition) is 0. The molecule has 0 atom stereocenters. The van der Waals surface area contributed by atoms with Crippen molar-refractivity contribution >= 4 is 0 Å². The third kappa shape index (κ3) is 0.772. The van der Waals surface area contributed by atoms with Gasteiger partial charge in [-0.3, -0.25) is 0 Å². The molecule has 0 bridgehead atoms. The van der Waals surface area contributed by atoms with Gasteiger partial charge in [0.2, 0.25) is 0 Å². The summed E-state index contributed by atoms with van der Waals surface area (Å²) in [5, 5.41) is 0. The molecule has 1 nitrogen and oxygen atoms in total. The van der Waals surface area contributed by atoms with Crippen molar-refractivity contribution in [3.8, 4) is 0 Å². The molecular weight excluding hydrogens is 122 g/mol. The van der Waals surface area contributed by atoms with Gasteiger partial charge in [-0.25, -0.2) is 0 Å². The molecule has 0 aromatic carbocycles. The van der Waals surface area contributed by atoms with Crippen molar-refractivity contribution in [2.75, 3.05) is 13.6 Å². The fourth-order valence-corrected chi connectivity index (χ4v) is 1.79. The molecule has 0 saturated carbocycles. The van der Waals surface area contributed by atoms with E-state index in [9.17, 15) is 0 Å². The minimum Gasteiger partial charge on any atom is -0.377 e. The van der Waals surface area contributed by atoms with Crippen LogP contribution in [0.1, 0.15) is 19.3 Å². The van der Waals surface area contributed by atoms with Crippen LogP contribution in [0.2, 0.25) is 0 Å². The summed E-state index contributed by atoms with van der Waals surface area (Å²) in [6.07, 6.45) is 8.25. The standard InChI is InChI=1S/C9H13N/c1-10-7-6-8-4-2-3-5-9(8)10/h2-3H,4-7H2,1H3. The molecule has 1 heterocycles. The summed E-state index contributed by atoms with van der Waals surface area (Å²) < 4.78 is 0. The van der Waals surface area contributed by atoms with Crippen molar-refractivity contribution in [2.24, 2.45) is 0 Å². The first-order valence-electron chi connectivity index (χ1n) is 3.95. The molecule has 0 radical (unpaired) electrons. The van der Waals surface area contributed by atoms with Gasteiger partial charge in [0, 0.05) is 25.7 Å². The SMILES string of the molecule is CN1CCC2=C1CC=CC2. The Bertz CT molecular complexity index is 201. The van der Waals surface area contributed by atoms with Gasteiger partial charge in [-0.2, -0.15) is 0 Å². The Morgan fingerprint density at radius 3 is 2.90 bits per heavy atom. The fourth-order valence-electron chi connectivity index (χ4n) is 1.79. The molecule has 1 heteroatoms. The predicted molar refractivity (Wildman–Crippen MR) is 42.6 cm³/mol. The second-order valence-electron chi connectivity index (χ2n) is 3.10. The Labute approximate surface area is 62.0 Å². The predicted octanol–water partition coefficient (Wildman–Crippen LogP) is 1.93. The van der Waals surface area contributed by atoms with Crippen molar-refractivity contribution < 1.29 is 0 Å². The van der Waals surface area contributed by atoms with Gasteiger partial charge in [-0.05, 0) is 18.4 Å². The summed E-state index contributed by atoms with van der Waals surface area (Å²) in [4.78, 5) is 2.39. The third-order valence-corrected chi connectivity index (χ3v) is 2.46. The van der Waals surface area contributed by atoms with Gasteiger partial charge >= 0.3 is 0 Å². The lowest BCUT2D eigenvalue weighted by Gasteiger charge is -2.16. The van der Waals surface area contributed by atoms with Crippen LogP contribution in [0, 0.1) is 0 Å². The minimum atomic E-state index is 1.17. The molecule has 2 aliphatic rings. The van der Waals surface area contributed by atoms with E-state index in [-0.39, 0.29) is 0 Å². The fraction of sp³-hybridized carbons (Fsp3) is 0.556. The zero-order chi connectivity index (χ0) is 6.97. The molecule has 0 fully saturated rings. The molecule has 54 valence electrons. The molecule has 0 aromatic rings. The van der Waals surface area contributed by atoms with E-state index < -0.39 is 0 Å². The van der Waals surface area contributed by atoms with Crippen molar-refractivity contribution in [1.82, 2.24) is 4.90 Å². The molecule has 0 N–H and O–H groups in total. The van der Waals surface area contributed by atoms with Gasteiger partial charge in [0.1, 0.15) is 0 Å². The second-order valence-corrected chi connectivity index (χ2v) is 3.10. The van der Waals surface area contributed by atoms with Gasteiger partial charge in [-0.1, -0.05) is 12.2 Å². The molecule has 0 unspecified atom stereocenters. The average Bonchev–Trinajstić information content (AvgIpc) is 2.34. The summed E-state index contributed by atoms with van der Waals surface area (Å²) in [6, 6.07) is 0. The van der Waals surface area contributed by atoms with E-state index in [2.05, 4.69) is 24.1 Å². The zero-order valence-corrected chi connectivity index (χ0v) is 6.43. The smallest absolute Gasteiger partial charge is 0.0209 e. The Morgan fingerprint density at radius 1 is 1.30 bits per heavy atom. The van der Waals surface area contributed by atoms with Crippen molar-refractivity contribution in [3.63, 3.8) is 0 Å². The van der Waals surface area contributed by atoms with E-state index in [0.717, 1.165) is 0 Å². The molecular formula is C9H13N. The maximum atomic E-state index is 2.39. The van der Waals surface area contributed by atoms with Crippen LogP contribution in [0.25, 0.3) is 0 Å². The van der Waals surface area contributed by atoms with Gasteiger partial charge in [-0.15, -0.1) is 0 Å². The lowest BCUT2D eigenvalue weighted by Crippen LogP contribution is -2.12. The number of hydrogen-bond acceptors (Lipinski definition) is 1. The molecule has 10 heavy (non-hydrogen) atoms. The van der Waals surface area contributed by atoms with Crippen molar-refractivity contribution in [1.29, 1.82) is 0 Å². The van der Waals surface area contributed by atoms with Crippen LogP contribution in [0.3, 0.4) is 0 Å². The highest BCUT2D eigenvalue weighted by atomic mass is 15.1. The third-order valence-electron chi connectivity index (χ3n) is 2.46. The quantitative estimate of drug-likeness (QED) is 0.459. The molecule has 0 spiro atoms. The first-order chi connectivity index (χ1) is 4.88. The first-order valence-corrected chi connectivity index (χ1v) is 3.95. The Kier molecular flexibility index (Phi) is 1.30. The minimum absolute atomic E-state index is 1.17. The van der Waals surface area contributed by atoms with E-state index >= 15 is 0 Å². The largest absolute Gasteiger partial charge is 0.377 e. The number of nitrogens with zero attached hydrogens (tertiary/aromatic N) is 1. The van der Waals surface area contributed by atoms with Crippen LogP contribution in [0.5, 0.6) is 0 Å². The summed E-state index contributed by atoms with van der Waals surface area (Å²) in [5.74, 6) is 0. The molecule has 0 aromatic heterocycles. The lowest BCUT2D eigenvalue weighted by atomic mass is 10.0. The summed E-state index contributed by atoms with van der Waals surface area (Å²) >= 11 is 0. The van der Waals surface area contributed by atoms with Gasteiger partial charge < -0.3 is 4.90 Å². The summed E-state index contributed by atoms with van der Waals surface area (Å²) in [5.41, 5.74) is 3.26. The van der Waals surface area contributed by atoms with E-state index in [1.165, 1.54) is 25.8 Å². The molecule has 1 aliphatic heterocycles. The summed E-state index contributed by atoms with van der Waals surface area (Å²) in [7, 11) is 2.20. The Morgan fingerprint density at radius 2 is 2.10 bits per heavy atom. The highest BCUT2D eigenvalue weighted by molar-refractivity contribution is 5.26. The van der Waals surface area contributed by atoms with Crippen molar-refractivity contribution in [2.45, 2.75) is 19.3 Å². The molecule has 1 aliphatic carbocycles. The Balaban J connectivity index is 2.23. The normalized spacial score (nSPS) is 23.9. The summed E-state index contributed by atoms with van der Waals surface area (Å²) in [6.45, 7) is 1.24. The van der Waals surface area contributed by atoms with E-state index in [1.54, 1.807) is 11.3 Å². The second kappa shape index (κ2) is 2.15. The van der Waals surface area contributed by atoms with Crippen LogP contribution >= 0.6 is 0 Å². The highest BCUT2D eigenvalue weighted by Crippen LogP contribution is 2.29. The molecule has 0 amide bonds. The maximum absolute atomic E-state index is 2.39. The zero-order valence-electron chi connectivity index (χ0n) is 6.43. The van der Waals surface area contributed by atoms with Crippen LogP contribution in [-0.2, 0) is 0 Å². The Hall–Kier alpha value is -0.720. The molecule has 0 saturated heterocycles. The monoisotopic (exact) mass is 135 g/mol. The van der Waals surface area contributed by atoms with Crippen LogP contribution < -0.4 is 0 Å². The van der Waals surface area contributed by atoms with Gasteiger partial charge in [0.15, 0.2) is 0 Å².